The Morgan fingerprint density at radius 1 is 1.29 bits per heavy atom. The summed E-state index contributed by atoms with van der Waals surface area (Å²) in [6, 6.07) is -0.630. The molecule has 0 fully saturated rings. The minimum atomic E-state index is -0.630. The van der Waals surface area contributed by atoms with Crippen LogP contribution < -0.4 is 16.4 Å². The summed E-state index contributed by atoms with van der Waals surface area (Å²) >= 11 is 0. The minimum absolute atomic E-state index is 0.0632. The molecule has 100 valence electrons. The molecule has 0 heterocycles. The molecule has 0 aliphatic rings. The van der Waals surface area contributed by atoms with Crippen LogP contribution in [0.1, 0.15) is 20.8 Å². The van der Waals surface area contributed by atoms with Gasteiger partial charge in [0.25, 0.3) is 0 Å². The lowest BCUT2D eigenvalue weighted by Crippen LogP contribution is -2.50. The van der Waals surface area contributed by atoms with Gasteiger partial charge in [-0.3, -0.25) is 9.59 Å². The van der Waals surface area contributed by atoms with Crippen molar-refractivity contribution in [1.29, 1.82) is 0 Å². The summed E-state index contributed by atoms with van der Waals surface area (Å²) in [4.78, 5) is 22.9. The Kier molecular flexibility index (Phi) is 6.75. The van der Waals surface area contributed by atoms with E-state index in [1.165, 1.54) is 0 Å². The van der Waals surface area contributed by atoms with Gasteiger partial charge in [-0.05, 0) is 5.41 Å². The molecule has 6 nitrogen and oxygen atoms in total. The number of ether oxygens (including phenoxy) is 1. The van der Waals surface area contributed by atoms with E-state index in [9.17, 15) is 9.59 Å². The summed E-state index contributed by atoms with van der Waals surface area (Å²) in [5.74, 6) is -0.573. The number of nitrogens with two attached hydrogens (primary N) is 1. The smallest absolute Gasteiger partial charge is 0.239 e. The molecule has 17 heavy (non-hydrogen) atoms. The predicted molar refractivity (Wildman–Crippen MR) is 65.3 cm³/mol. The third kappa shape index (κ3) is 6.91. The summed E-state index contributed by atoms with van der Waals surface area (Å²) in [6.07, 6.45) is 0. The van der Waals surface area contributed by atoms with Gasteiger partial charge in [0.15, 0.2) is 0 Å². The van der Waals surface area contributed by atoms with Crippen LogP contribution >= 0.6 is 0 Å². The monoisotopic (exact) mass is 245 g/mol. The van der Waals surface area contributed by atoms with Gasteiger partial charge in [0.1, 0.15) is 0 Å². The van der Waals surface area contributed by atoms with Crippen LogP contribution in [0.25, 0.3) is 0 Å². The average molecular weight is 245 g/mol. The zero-order valence-corrected chi connectivity index (χ0v) is 11.0. The summed E-state index contributed by atoms with van der Waals surface area (Å²) in [5.41, 5.74) is 5.42. The van der Waals surface area contributed by atoms with E-state index >= 15 is 0 Å². The first-order valence-electron chi connectivity index (χ1n) is 5.58. The topological polar surface area (TPSA) is 93.5 Å². The second-order valence-corrected chi connectivity index (χ2v) is 4.90. The van der Waals surface area contributed by atoms with E-state index in [-0.39, 0.29) is 23.8 Å². The first-order valence-corrected chi connectivity index (χ1v) is 5.58. The van der Waals surface area contributed by atoms with Crippen LogP contribution in [-0.4, -0.2) is 44.7 Å². The predicted octanol–water partition coefficient (Wildman–Crippen LogP) is -0.761. The third-order valence-corrected chi connectivity index (χ3v) is 2.27. The molecular weight excluding hydrogens is 222 g/mol. The Labute approximate surface area is 102 Å². The summed E-state index contributed by atoms with van der Waals surface area (Å²) in [7, 11) is 1.55. The van der Waals surface area contributed by atoms with Crippen molar-refractivity contribution in [3.05, 3.63) is 0 Å². The van der Waals surface area contributed by atoms with Gasteiger partial charge in [0.2, 0.25) is 11.8 Å². The van der Waals surface area contributed by atoms with Crippen molar-refractivity contribution >= 4 is 11.8 Å². The molecule has 0 spiro atoms. The molecule has 6 heteroatoms. The SMILES string of the molecule is COCCNC(=O)CNC(=O)[C@H](N)C(C)(C)C. The van der Waals surface area contributed by atoms with Crippen LogP contribution in [0, 0.1) is 5.41 Å². The van der Waals surface area contributed by atoms with E-state index in [0.29, 0.717) is 13.2 Å². The highest BCUT2D eigenvalue weighted by molar-refractivity contribution is 5.87. The largest absolute Gasteiger partial charge is 0.383 e. The van der Waals surface area contributed by atoms with Crippen LogP contribution in [0.4, 0.5) is 0 Å². The Morgan fingerprint density at radius 2 is 1.88 bits per heavy atom. The molecule has 0 aromatic carbocycles. The maximum absolute atomic E-state index is 11.6. The van der Waals surface area contributed by atoms with Gasteiger partial charge >= 0.3 is 0 Å². The number of methoxy groups -OCH3 is 1. The summed E-state index contributed by atoms with van der Waals surface area (Å²) in [5, 5.41) is 5.10. The number of rotatable bonds is 6. The molecule has 0 saturated heterocycles. The lowest BCUT2D eigenvalue weighted by Gasteiger charge is -2.25. The van der Waals surface area contributed by atoms with Crippen LogP contribution in [0.5, 0.6) is 0 Å². The highest BCUT2D eigenvalue weighted by atomic mass is 16.5. The summed E-state index contributed by atoms with van der Waals surface area (Å²) in [6.45, 7) is 6.42. The van der Waals surface area contributed by atoms with Gasteiger partial charge in [-0.15, -0.1) is 0 Å². The molecule has 0 aliphatic heterocycles. The van der Waals surface area contributed by atoms with Gasteiger partial charge in [-0.2, -0.15) is 0 Å². The van der Waals surface area contributed by atoms with E-state index in [0.717, 1.165) is 0 Å². The van der Waals surface area contributed by atoms with Crippen molar-refractivity contribution < 1.29 is 14.3 Å². The molecule has 1 atom stereocenters. The lowest BCUT2D eigenvalue weighted by atomic mass is 9.87. The quantitative estimate of drug-likeness (QED) is 0.536. The average Bonchev–Trinajstić information content (AvgIpc) is 2.24. The molecule has 0 radical (unpaired) electrons. The highest BCUT2D eigenvalue weighted by Gasteiger charge is 2.27. The molecule has 0 aliphatic carbocycles. The van der Waals surface area contributed by atoms with E-state index in [1.54, 1.807) is 7.11 Å². The zero-order valence-electron chi connectivity index (χ0n) is 11.0. The van der Waals surface area contributed by atoms with Crippen molar-refractivity contribution in [3.63, 3.8) is 0 Å². The van der Waals surface area contributed by atoms with Crippen LogP contribution in [0.3, 0.4) is 0 Å². The highest BCUT2D eigenvalue weighted by Crippen LogP contribution is 2.16. The zero-order chi connectivity index (χ0) is 13.5. The molecule has 0 saturated carbocycles. The minimum Gasteiger partial charge on any atom is -0.383 e. The van der Waals surface area contributed by atoms with Crippen molar-refractivity contribution in [2.24, 2.45) is 11.1 Å². The fraction of sp³-hybridized carbons (Fsp3) is 0.818. The molecule has 0 aromatic rings. The Morgan fingerprint density at radius 3 is 2.35 bits per heavy atom. The molecule has 0 bridgehead atoms. The first kappa shape index (κ1) is 15.9. The maximum atomic E-state index is 11.6. The fourth-order valence-corrected chi connectivity index (χ4v) is 1.03. The Balaban J connectivity index is 3.88. The fourth-order valence-electron chi connectivity index (χ4n) is 1.03. The van der Waals surface area contributed by atoms with Crippen molar-refractivity contribution in [2.45, 2.75) is 26.8 Å². The van der Waals surface area contributed by atoms with Gasteiger partial charge in [0, 0.05) is 13.7 Å². The van der Waals surface area contributed by atoms with Crippen LogP contribution in [0.2, 0.25) is 0 Å². The van der Waals surface area contributed by atoms with Gasteiger partial charge in [0.05, 0.1) is 19.2 Å². The Bertz CT molecular complexity index is 261. The van der Waals surface area contributed by atoms with E-state index in [4.69, 9.17) is 10.5 Å². The Hall–Kier alpha value is -1.14. The number of hydrogen-bond acceptors (Lipinski definition) is 4. The number of nitrogens with one attached hydrogen (secondary N) is 2. The molecule has 4 N–H and O–H groups in total. The van der Waals surface area contributed by atoms with Gasteiger partial charge in [-0.1, -0.05) is 20.8 Å². The molecule has 2 amide bonds. The molecule has 0 aromatic heterocycles. The lowest BCUT2D eigenvalue weighted by molar-refractivity contribution is -0.128. The van der Waals surface area contributed by atoms with Crippen LogP contribution in [0.15, 0.2) is 0 Å². The van der Waals surface area contributed by atoms with Crippen molar-refractivity contribution in [2.75, 3.05) is 26.8 Å². The van der Waals surface area contributed by atoms with E-state index < -0.39 is 6.04 Å². The maximum Gasteiger partial charge on any atom is 0.239 e. The van der Waals surface area contributed by atoms with E-state index in [2.05, 4.69) is 10.6 Å². The number of carbonyl (C=O) groups excluding carboxylic acids is 2. The standard InChI is InChI=1S/C11H23N3O3/c1-11(2,3)9(12)10(16)14-7-8(15)13-5-6-17-4/h9H,5-7,12H2,1-4H3,(H,13,15)(H,14,16)/t9-/m0/s1. The third-order valence-electron chi connectivity index (χ3n) is 2.27. The normalized spacial score (nSPS) is 13.0. The van der Waals surface area contributed by atoms with Gasteiger partial charge < -0.3 is 21.1 Å². The molecule has 0 unspecified atom stereocenters. The van der Waals surface area contributed by atoms with Crippen molar-refractivity contribution in [1.82, 2.24) is 10.6 Å². The number of amides is 2. The molecule has 0 rings (SSSR count). The summed E-state index contributed by atoms with van der Waals surface area (Å²) < 4.78 is 4.78. The second kappa shape index (κ2) is 7.24. The van der Waals surface area contributed by atoms with Crippen LogP contribution in [-0.2, 0) is 14.3 Å². The van der Waals surface area contributed by atoms with Gasteiger partial charge in [-0.25, -0.2) is 0 Å². The number of hydrogen-bond donors (Lipinski definition) is 3. The second-order valence-electron chi connectivity index (χ2n) is 4.90. The van der Waals surface area contributed by atoms with E-state index in [1.807, 2.05) is 20.8 Å². The first-order chi connectivity index (χ1) is 7.79. The number of carbonyl (C=O) groups is 2. The molecular formula is C11H23N3O3. The van der Waals surface area contributed by atoms with Crippen molar-refractivity contribution in [3.8, 4) is 0 Å².